The van der Waals surface area contributed by atoms with Gasteiger partial charge in [0.2, 0.25) is 0 Å². The van der Waals surface area contributed by atoms with Crippen molar-refractivity contribution in [3.8, 4) is 6.07 Å². The highest BCUT2D eigenvalue weighted by Gasteiger charge is 2.27. The summed E-state index contributed by atoms with van der Waals surface area (Å²) in [6.45, 7) is 3.55. The Bertz CT molecular complexity index is 1000. The van der Waals surface area contributed by atoms with Gasteiger partial charge in [-0.15, -0.1) is 0 Å². The maximum atomic E-state index is 12.2. The van der Waals surface area contributed by atoms with Crippen molar-refractivity contribution in [3.05, 3.63) is 70.2 Å². The van der Waals surface area contributed by atoms with Gasteiger partial charge in [0.15, 0.2) is 9.84 Å². The highest BCUT2D eigenvalue weighted by atomic mass is 35.5. The normalized spacial score (nSPS) is 20.4. The number of rotatable bonds is 8. The zero-order chi connectivity index (χ0) is 22.4. The second-order valence-corrected chi connectivity index (χ2v) is 12.1. The van der Waals surface area contributed by atoms with Gasteiger partial charge in [0.05, 0.1) is 23.0 Å². The van der Waals surface area contributed by atoms with Crippen molar-refractivity contribution in [1.29, 1.82) is 5.26 Å². The molecule has 0 N–H and O–H groups in total. The van der Waals surface area contributed by atoms with E-state index in [1.165, 1.54) is 5.56 Å². The monoisotopic (exact) mass is 457 g/mol. The van der Waals surface area contributed by atoms with Crippen LogP contribution in [0.4, 0.5) is 0 Å². The molecule has 3 nitrogen and oxygen atoms in total. The van der Waals surface area contributed by atoms with Crippen LogP contribution in [0.5, 0.6) is 0 Å². The lowest BCUT2D eigenvalue weighted by Crippen LogP contribution is -2.26. The van der Waals surface area contributed by atoms with Crippen LogP contribution < -0.4 is 0 Å². The Morgan fingerprint density at radius 3 is 2.26 bits per heavy atom. The van der Waals surface area contributed by atoms with Crippen LogP contribution in [0.2, 0.25) is 5.02 Å². The number of sulfone groups is 1. The lowest BCUT2D eigenvalue weighted by molar-refractivity contribution is 0.278. The van der Waals surface area contributed by atoms with Crippen LogP contribution in [-0.4, -0.2) is 19.4 Å². The highest BCUT2D eigenvalue weighted by Crippen LogP contribution is 2.34. The van der Waals surface area contributed by atoms with Crippen LogP contribution in [0.3, 0.4) is 0 Å². The average molecular weight is 458 g/mol. The first kappa shape index (κ1) is 23.8. The van der Waals surface area contributed by atoms with Crippen molar-refractivity contribution in [2.45, 2.75) is 63.5 Å². The third kappa shape index (κ3) is 6.34. The molecule has 1 saturated carbocycles. The van der Waals surface area contributed by atoms with Gasteiger partial charge in [-0.2, -0.15) is 5.26 Å². The van der Waals surface area contributed by atoms with Crippen LogP contribution in [0.25, 0.3) is 0 Å². The standard InChI is InChI=1S/C26H32ClNO2S/c1-19(2)31(29,30)18-22-12-9-20(10-13-22)8-11-21-14-15-24(26(27)16-21)25(17-28)23-6-4-3-5-7-23/h3-7,14-16,19-20,22,25H,8-13,18H2,1-2H3. The molecule has 0 aromatic heterocycles. The molecule has 166 valence electrons. The summed E-state index contributed by atoms with van der Waals surface area (Å²) < 4.78 is 24.4. The summed E-state index contributed by atoms with van der Waals surface area (Å²) in [6.07, 6.45) is 6.29. The third-order valence-corrected chi connectivity index (χ3v) is 9.33. The first-order valence-corrected chi connectivity index (χ1v) is 13.3. The van der Waals surface area contributed by atoms with Gasteiger partial charge in [0.1, 0.15) is 0 Å². The average Bonchev–Trinajstić information content (AvgIpc) is 2.75. The summed E-state index contributed by atoms with van der Waals surface area (Å²) >= 11 is 6.57. The van der Waals surface area contributed by atoms with Gasteiger partial charge in [0, 0.05) is 5.02 Å². The number of hydrogen-bond donors (Lipinski definition) is 0. The van der Waals surface area contributed by atoms with Crippen molar-refractivity contribution < 1.29 is 8.42 Å². The molecule has 5 heteroatoms. The second-order valence-electron chi connectivity index (χ2n) is 9.13. The Morgan fingerprint density at radius 1 is 1.03 bits per heavy atom. The summed E-state index contributed by atoms with van der Waals surface area (Å²) in [5.41, 5.74) is 3.00. The van der Waals surface area contributed by atoms with Crippen molar-refractivity contribution in [3.63, 3.8) is 0 Å². The van der Waals surface area contributed by atoms with Gasteiger partial charge in [-0.3, -0.25) is 0 Å². The predicted octanol–water partition coefficient (Wildman–Crippen LogP) is 6.56. The molecule has 1 aliphatic carbocycles. The van der Waals surface area contributed by atoms with E-state index in [1.54, 1.807) is 13.8 Å². The molecule has 1 aliphatic rings. The van der Waals surface area contributed by atoms with Crippen molar-refractivity contribution in [1.82, 2.24) is 0 Å². The van der Waals surface area contributed by atoms with Crippen molar-refractivity contribution >= 4 is 21.4 Å². The SMILES string of the molecule is CC(C)S(=O)(=O)CC1CCC(CCc2ccc(C(C#N)c3ccccc3)c(Cl)c2)CC1. The molecule has 0 spiro atoms. The van der Waals surface area contributed by atoms with Gasteiger partial charge in [-0.05, 0) is 74.1 Å². The van der Waals surface area contributed by atoms with Gasteiger partial charge in [-0.1, -0.05) is 66.9 Å². The minimum Gasteiger partial charge on any atom is -0.229 e. The molecule has 3 rings (SSSR count). The summed E-state index contributed by atoms with van der Waals surface area (Å²) in [5, 5.41) is 10.0. The van der Waals surface area contributed by atoms with Gasteiger partial charge in [0.25, 0.3) is 0 Å². The Balaban J connectivity index is 1.54. The number of benzene rings is 2. The van der Waals surface area contributed by atoms with E-state index in [0.717, 1.165) is 49.7 Å². The molecule has 0 bridgehead atoms. The zero-order valence-electron chi connectivity index (χ0n) is 18.4. The van der Waals surface area contributed by atoms with Crippen LogP contribution in [0.15, 0.2) is 48.5 Å². The van der Waals surface area contributed by atoms with E-state index in [9.17, 15) is 13.7 Å². The number of nitriles is 1. The lowest BCUT2D eigenvalue weighted by Gasteiger charge is -2.29. The Labute approximate surface area is 192 Å². The Kier molecular flexibility index (Phi) is 8.19. The molecule has 1 fully saturated rings. The number of halogens is 1. The van der Waals surface area contributed by atoms with Crippen LogP contribution >= 0.6 is 11.6 Å². The molecular formula is C26H32ClNO2S. The summed E-state index contributed by atoms with van der Waals surface area (Å²) in [4.78, 5) is 0. The molecule has 0 radical (unpaired) electrons. The number of hydrogen-bond acceptors (Lipinski definition) is 3. The largest absolute Gasteiger partial charge is 0.229 e. The maximum Gasteiger partial charge on any atom is 0.152 e. The summed E-state index contributed by atoms with van der Waals surface area (Å²) in [7, 11) is -2.95. The van der Waals surface area contributed by atoms with Crippen molar-refractivity contribution in [2.24, 2.45) is 11.8 Å². The fraction of sp³-hybridized carbons (Fsp3) is 0.500. The van der Waals surface area contributed by atoms with E-state index in [4.69, 9.17) is 11.6 Å². The molecule has 31 heavy (non-hydrogen) atoms. The minimum absolute atomic E-state index is 0.277. The molecule has 0 saturated heterocycles. The Morgan fingerprint density at radius 2 is 1.68 bits per heavy atom. The minimum atomic E-state index is -2.95. The molecule has 2 aromatic carbocycles. The first-order chi connectivity index (χ1) is 14.8. The van der Waals surface area contributed by atoms with Gasteiger partial charge in [-0.25, -0.2) is 8.42 Å². The summed E-state index contributed by atoms with van der Waals surface area (Å²) in [6, 6.07) is 18.2. The highest BCUT2D eigenvalue weighted by molar-refractivity contribution is 7.91. The molecule has 0 amide bonds. The zero-order valence-corrected chi connectivity index (χ0v) is 20.0. The van der Waals surface area contributed by atoms with E-state index in [1.807, 2.05) is 42.5 Å². The smallest absolute Gasteiger partial charge is 0.152 e. The van der Waals surface area contributed by atoms with Crippen LogP contribution in [0.1, 0.15) is 68.6 Å². The molecular weight excluding hydrogens is 426 g/mol. The number of aryl methyl sites for hydroxylation is 1. The summed E-state index contributed by atoms with van der Waals surface area (Å²) in [5.74, 6) is 0.946. The lowest BCUT2D eigenvalue weighted by atomic mass is 9.80. The Hall–Kier alpha value is -1.83. The van der Waals surface area contributed by atoms with Crippen LogP contribution in [0, 0.1) is 23.2 Å². The van der Waals surface area contributed by atoms with E-state index >= 15 is 0 Å². The third-order valence-electron chi connectivity index (χ3n) is 6.63. The first-order valence-electron chi connectivity index (χ1n) is 11.2. The number of nitrogens with zero attached hydrogens (tertiary/aromatic N) is 1. The molecule has 1 unspecified atom stereocenters. The second kappa shape index (κ2) is 10.7. The predicted molar refractivity (Wildman–Crippen MR) is 128 cm³/mol. The quantitative estimate of drug-likeness (QED) is 0.451. The maximum absolute atomic E-state index is 12.2. The van der Waals surface area contributed by atoms with E-state index in [-0.39, 0.29) is 11.2 Å². The fourth-order valence-corrected chi connectivity index (χ4v) is 6.20. The van der Waals surface area contributed by atoms with Gasteiger partial charge >= 0.3 is 0 Å². The molecule has 0 heterocycles. The molecule has 1 atom stereocenters. The van der Waals surface area contributed by atoms with E-state index in [2.05, 4.69) is 12.1 Å². The fourth-order valence-electron chi connectivity index (χ4n) is 4.51. The van der Waals surface area contributed by atoms with E-state index in [0.29, 0.717) is 22.6 Å². The van der Waals surface area contributed by atoms with Crippen LogP contribution in [-0.2, 0) is 16.3 Å². The molecule has 0 aliphatic heterocycles. The topological polar surface area (TPSA) is 57.9 Å². The van der Waals surface area contributed by atoms with Gasteiger partial charge < -0.3 is 0 Å². The van der Waals surface area contributed by atoms with Crippen molar-refractivity contribution in [2.75, 3.05) is 5.75 Å². The molecule has 2 aromatic rings. The van der Waals surface area contributed by atoms with E-state index < -0.39 is 9.84 Å².